The van der Waals surface area contributed by atoms with Crippen LogP contribution in [-0.4, -0.2) is 31.1 Å². The number of hydrogen-bond acceptors (Lipinski definition) is 3. The number of ether oxygens (including phenoxy) is 1. The van der Waals surface area contributed by atoms with Crippen molar-refractivity contribution in [1.82, 2.24) is 4.90 Å². The zero-order valence-electron chi connectivity index (χ0n) is 16.0. The number of hydrogen-bond donors (Lipinski definition) is 1. The van der Waals surface area contributed by atoms with Gasteiger partial charge in [-0.2, -0.15) is 0 Å². The maximum absolute atomic E-state index is 11.6. The second-order valence-corrected chi connectivity index (χ2v) is 6.73. The topological polar surface area (TPSA) is 55.6 Å². The molecule has 0 aliphatic carbocycles. The number of rotatable bonds is 7. The van der Waals surface area contributed by atoms with Crippen LogP contribution in [0, 0.1) is 0 Å². The molecule has 0 aliphatic rings. The van der Waals surface area contributed by atoms with E-state index in [1.807, 2.05) is 49.4 Å². The summed E-state index contributed by atoms with van der Waals surface area (Å²) in [5, 5.41) is 0. The maximum atomic E-state index is 11.6. The molecule has 0 aliphatic heterocycles. The van der Waals surface area contributed by atoms with Crippen LogP contribution in [0.15, 0.2) is 72.5 Å². The van der Waals surface area contributed by atoms with Crippen LogP contribution in [0.25, 0.3) is 0 Å². The fourth-order valence-electron chi connectivity index (χ4n) is 3.36. The van der Waals surface area contributed by atoms with Gasteiger partial charge in [-0.15, -0.1) is 0 Å². The van der Waals surface area contributed by atoms with Gasteiger partial charge in [-0.3, -0.25) is 0 Å². The van der Waals surface area contributed by atoms with Crippen LogP contribution in [0.3, 0.4) is 0 Å². The smallest absolute Gasteiger partial charge is 0.409 e. The number of allylic oxidation sites excluding steroid dienone is 2. The highest BCUT2D eigenvalue weighted by Gasteiger charge is 2.41. The Morgan fingerprint density at radius 1 is 1.08 bits per heavy atom. The summed E-state index contributed by atoms with van der Waals surface area (Å²) >= 11 is 0. The molecule has 4 heteroatoms. The first-order chi connectivity index (χ1) is 12.4. The standard InChI is InChI=1S/C22H28N2O2/c1-5-20(26-21(23)25)22(16-17(2)24(3)4,18-12-8-6-9-13-18)19-14-10-7-11-15-19/h5-15,17H,16H2,1-4H3,(H2,23,25)/b20-5-. The number of carbonyl (C=O) groups excluding carboxylic acids is 1. The number of nitrogens with two attached hydrogens (primary N) is 1. The summed E-state index contributed by atoms with van der Waals surface area (Å²) in [5.74, 6) is 0.552. The van der Waals surface area contributed by atoms with Crippen molar-refractivity contribution in [2.24, 2.45) is 5.73 Å². The van der Waals surface area contributed by atoms with E-state index in [4.69, 9.17) is 10.5 Å². The summed E-state index contributed by atoms with van der Waals surface area (Å²) in [6.07, 6.45) is 1.78. The molecule has 0 fully saturated rings. The minimum absolute atomic E-state index is 0.238. The largest absolute Gasteiger partial charge is 0.414 e. The minimum Gasteiger partial charge on any atom is -0.414 e. The molecular formula is C22H28N2O2. The third kappa shape index (κ3) is 4.14. The summed E-state index contributed by atoms with van der Waals surface area (Å²) in [6.45, 7) is 4.04. The van der Waals surface area contributed by atoms with Crippen molar-refractivity contribution >= 4 is 6.09 Å². The molecule has 0 aromatic heterocycles. The van der Waals surface area contributed by atoms with Crippen molar-refractivity contribution in [3.8, 4) is 0 Å². The summed E-state index contributed by atoms with van der Waals surface area (Å²) < 4.78 is 5.54. The van der Waals surface area contributed by atoms with E-state index in [0.29, 0.717) is 5.76 Å². The van der Waals surface area contributed by atoms with Gasteiger partial charge < -0.3 is 15.4 Å². The Labute approximate surface area is 156 Å². The van der Waals surface area contributed by atoms with Gasteiger partial charge in [0.15, 0.2) is 0 Å². The highest BCUT2D eigenvalue weighted by Crippen LogP contribution is 2.44. The Kier molecular flexibility index (Phi) is 6.58. The quantitative estimate of drug-likeness (QED) is 0.755. The van der Waals surface area contributed by atoms with Crippen molar-refractivity contribution < 1.29 is 9.53 Å². The van der Waals surface area contributed by atoms with Crippen LogP contribution < -0.4 is 5.73 Å². The molecule has 0 bridgehead atoms. The molecule has 1 atom stereocenters. The number of amides is 1. The first kappa shape index (κ1) is 19.7. The summed E-state index contributed by atoms with van der Waals surface area (Å²) in [6, 6.07) is 20.5. The van der Waals surface area contributed by atoms with Gasteiger partial charge in [0.1, 0.15) is 5.76 Å². The Morgan fingerprint density at radius 2 is 1.54 bits per heavy atom. The molecule has 26 heavy (non-hydrogen) atoms. The number of primary amides is 1. The van der Waals surface area contributed by atoms with Crippen molar-refractivity contribution in [3.05, 3.63) is 83.6 Å². The zero-order valence-corrected chi connectivity index (χ0v) is 16.0. The first-order valence-corrected chi connectivity index (χ1v) is 8.83. The maximum Gasteiger partial charge on any atom is 0.409 e. The van der Waals surface area contributed by atoms with Crippen molar-refractivity contribution in [2.45, 2.75) is 31.7 Å². The van der Waals surface area contributed by atoms with Gasteiger partial charge in [0, 0.05) is 6.04 Å². The lowest BCUT2D eigenvalue weighted by atomic mass is 9.68. The monoisotopic (exact) mass is 352 g/mol. The molecule has 2 aromatic rings. The predicted octanol–water partition coefficient (Wildman–Crippen LogP) is 4.31. The lowest BCUT2D eigenvalue weighted by molar-refractivity contribution is 0.164. The molecule has 2 N–H and O–H groups in total. The predicted molar refractivity (Wildman–Crippen MR) is 106 cm³/mol. The lowest BCUT2D eigenvalue weighted by Crippen LogP contribution is -2.40. The number of nitrogens with zero attached hydrogens (tertiary/aromatic N) is 1. The van der Waals surface area contributed by atoms with Crippen molar-refractivity contribution in [3.63, 3.8) is 0 Å². The van der Waals surface area contributed by atoms with Gasteiger partial charge in [0.25, 0.3) is 0 Å². The summed E-state index contributed by atoms with van der Waals surface area (Å²) in [5.41, 5.74) is 6.91. The van der Waals surface area contributed by atoms with Crippen LogP contribution in [0.2, 0.25) is 0 Å². The Hall–Kier alpha value is -2.59. The zero-order chi connectivity index (χ0) is 19.2. The molecule has 0 heterocycles. The van der Waals surface area contributed by atoms with E-state index in [9.17, 15) is 4.79 Å². The lowest BCUT2D eigenvalue weighted by Gasteiger charge is -2.39. The van der Waals surface area contributed by atoms with E-state index in [-0.39, 0.29) is 6.04 Å². The molecule has 1 unspecified atom stereocenters. The van der Waals surface area contributed by atoms with Crippen LogP contribution in [0.1, 0.15) is 31.4 Å². The van der Waals surface area contributed by atoms with Crippen molar-refractivity contribution in [1.29, 1.82) is 0 Å². The van der Waals surface area contributed by atoms with E-state index in [1.165, 1.54) is 0 Å². The van der Waals surface area contributed by atoms with Gasteiger partial charge in [-0.25, -0.2) is 4.79 Å². The third-order valence-corrected chi connectivity index (χ3v) is 4.91. The average Bonchev–Trinajstić information content (AvgIpc) is 2.65. The van der Waals surface area contributed by atoms with Gasteiger partial charge in [0.05, 0.1) is 5.41 Å². The molecule has 0 saturated heterocycles. The molecule has 4 nitrogen and oxygen atoms in total. The Morgan fingerprint density at radius 3 is 1.88 bits per heavy atom. The Balaban J connectivity index is 2.76. The first-order valence-electron chi connectivity index (χ1n) is 8.83. The van der Waals surface area contributed by atoms with Gasteiger partial charge in [0.2, 0.25) is 0 Å². The average molecular weight is 352 g/mol. The number of carbonyl (C=O) groups is 1. The van der Waals surface area contributed by atoms with E-state index in [1.54, 1.807) is 0 Å². The second-order valence-electron chi connectivity index (χ2n) is 6.73. The van der Waals surface area contributed by atoms with E-state index < -0.39 is 11.5 Å². The SMILES string of the molecule is C/C=C(\OC(N)=O)C(CC(C)N(C)C)(c1ccccc1)c1ccccc1. The molecule has 2 aromatic carbocycles. The van der Waals surface area contributed by atoms with Crippen LogP contribution in [0.4, 0.5) is 4.79 Å². The minimum atomic E-state index is -0.799. The molecule has 0 radical (unpaired) electrons. The summed E-state index contributed by atoms with van der Waals surface area (Å²) in [4.78, 5) is 13.8. The van der Waals surface area contributed by atoms with Crippen LogP contribution in [-0.2, 0) is 10.2 Å². The van der Waals surface area contributed by atoms with E-state index in [2.05, 4.69) is 50.2 Å². The third-order valence-electron chi connectivity index (χ3n) is 4.91. The fourth-order valence-corrected chi connectivity index (χ4v) is 3.36. The highest BCUT2D eigenvalue weighted by atomic mass is 16.6. The fraction of sp³-hybridized carbons (Fsp3) is 0.318. The van der Waals surface area contributed by atoms with Crippen LogP contribution >= 0.6 is 0 Å². The molecule has 2 rings (SSSR count). The van der Waals surface area contributed by atoms with E-state index in [0.717, 1.165) is 17.5 Å². The normalized spacial score (nSPS) is 13.5. The van der Waals surface area contributed by atoms with Crippen molar-refractivity contribution in [2.75, 3.05) is 14.1 Å². The molecule has 0 spiro atoms. The molecule has 138 valence electrons. The Bertz CT molecular complexity index is 700. The van der Waals surface area contributed by atoms with Crippen LogP contribution in [0.5, 0.6) is 0 Å². The van der Waals surface area contributed by atoms with Gasteiger partial charge >= 0.3 is 6.09 Å². The summed E-state index contributed by atoms with van der Waals surface area (Å²) in [7, 11) is 4.10. The number of benzene rings is 2. The second kappa shape index (κ2) is 8.68. The van der Waals surface area contributed by atoms with Gasteiger partial charge in [-0.05, 0) is 51.6 Å². The highest BCUT2D eigenvalue weighted by molar-refractivity contribution is 5.67. The molecular weight excluding hydrogens is 324 g/mol. The molecule has 1 amide bonds. The molecule has 0 saturated carbocycles. The van der Waals surface area contributed by atoms with E-state index >= 15 is 0 Å². The van der Waals surface area contributed by atoms with Gasteiger partial charge in [-0.1, -0.05) is 60.7 Å².